The van der Waals surface area contributed by atoms with Gasteiger partial charge in [0, 0.05) is 0 Å². The fourth-order valence-electron chi connectivity index (χ4n) is 2.92. The number of hydrogen-bond acceptors (Lipinski definition) is 2. The van der Waals surface area contributed by atoms with Gasteiger partial charge in [0.1, 0.15) is 0 Å². The zero-order valence-corrected chi connectivity index (χ0v) is 18.0. The van der Waals surface area contributed by atoms with Crippen molar-refractivity contribution in [2.24, 2.45) is 0 Å². The van der Waals surface area contributed by atoms with Crippen LogP contribution in [0.1, 0.15) is 97.3 Å². The Morgan fingerprint density at radius 2 is 1.39 bits per heavy atom. The fraction of sp³-hybridized carbons (Fsp3) is 0.850. The van der Waals surface area contributed by atoms with E-state index in [2.05, 4.69) is 20.4 Å². The molecule has 0 radical (unpaired) electrons. The smallest absolute Gasteiger partial charge is 0.0654 e. The maximum absolute atomic E-state index is 11.4. The topological polar surface area (TPSA) is 26.3 Å². The minimum Gasteiger partial charge on any atom is -0.0654 e. The van der Waals surface area contributed by atoms with Gasteiger partial charge in [0.05, 0.1) is 0 Å². The molecular weight excluding hydrogens is 295 g/mol. The quantitative estimate of drug-likeness (QED) is 0.147. The molecule has 2 nitrogen and oxygen atoms in total. The Morgan fingerprint density at radius 3 is 1.78 bits per heavy atom. The SMILES string of the molecule is C=CC(=O)OC(C)([CH2][Na])CCCCCCCCCCCCCC. The zero-order valence-electron chi connectivity index (χ0n) is 16.0. The molecule has 3 heteroatoms. The third-order valence-corrected chi connectivity index (χ3v) is 6.32. The van der Waals surface area contributed by atoms with Crippen LogP contribution in [0.2, 0.25) is 3.67 Å². The van der Waals surface area contributed by atoms with E-state index in [0.29, 0.717) is 0 Å². The predicted molar refractivity (Wildman–Crippen MR) is 101 cm³/mol. The number of unbranched alkanes of at least 4 members (excludes halogenated alkanes) is 11. The predicted octanol–water partition coefficient (Wildman–Crippen LogP) is 6.15. The van der Waals surface area contributed by atoms with Crippen LogP contribution in [0, 0.1) is 0 Å². The molecule has 0 rings (SSSR count). The van der Waals surface area contributed by atoms with E-state index in [1.54, 1.807) is 0 Å². The van der Waals surface area contributed by atoms with E-state index in [1.807, 2.05) is 0 Å². The summed E-state index contributed by atoms with van der Waals surface area (Å²) in [6.07, 6.45) is 18.6. The Balaban J connectivity index is 3.47. The summed E-state index contributed by atoms with van der Waals surface area (Å²) in [5.41, 5.74) is -0.254. The van der Waals surface area contributed by atoms with Crippen LogP contribution in [0.3, 0.4) is 0 Å². The van der Waals surface area contributed by atoms with Crippen LogP contribution >= 0.6 is 0 Å². The zero-order chi connectivity index (χ0) is 17.4. The van der Waals surface area contributed by atoms with Gasteiger partial charge in [-0.25, -0.2) is 0 Å². The van der Waals surface area contributed by atoms with Crippen molar-refractivity contribution in [2.45, 2.75) is 107 Å². The molecule has 1 unspecified atom stereocenters. The Labute approximate surface area is 162 Å². The van der Waals surface area contributed by atoms with Gasteiger partial charge in [0.15, 0.2) is 0 Å². The first-order valence-corrected chi connectivity index (χ1v) is 11.3. The molecule has 0 saturated heterocycles. The first-order valence-electron chi connectivity index (χ1n) is 9.93. The molecule has 0 bridgehead atoms. The molecule has 1 atom stereocenters. The molecule has 0 heterocycles. The molecule has 0 aliphatic heterocycles. The normalized spacial score (nSPS) is 13.6. The second-order valence-electron chi connectivity index (χ2n) is 7.07. The third kappa shape index (κ3) is 14.3. The molecule has 0 aliphatic carbocycles. The van der Waals surface area contributed by atoms with Crippen molar-refractivity contribution in [3.8, 4) is 0 Å². The van der Waals surface area contributed by atoms with Crippen molar-refractivity contribution >= 4 is 33.9 Å². The van der Waals surface area contributed by atoms with E-state index in [4.69, 9.17) is 4.74 Å². The van der Waals surface area contributed by atoms with Gasteiger partial charge in [-0.3, -0.25) is 0 Å². The average Bonchev–Trinajstić information content (AvgIpc) is 2.55. The molecule has 0 amide bonds. The molecular formula is C20H37NaO2. The minimum absolute atomic E-state index is 0.254. The fourth-order valence-corrected chi connectivity index (χ4v) is 3.42. The van der Waals surface area contributed by atoms with Gasteiger partial charge in [-0.15, -0.1) is 0 Å². The van der Waals surface area contributed by atoms with Crippen molar-refractivity contribution in [2.75, 3.05) is 0 Å². The van der Waals surface area contributed by atoms with Gasteiger partial charge in [0.25, 0.3) is 0 Å². The molecule has 0 spiro atoms. The first-order chi connectivity index (χ1) is 11.1. The number of carbonyl (C=O) groups is 1. The summed E-state index contributed by atoms with van der Waals surface area (Å²) in [7, 11) is 0. The standard InChI is InChI=1S/C20H37O2.Na/c1-5-7-8-9-10-11-12-13-14-15-16-17-18-20(3,4)22-19(21)6-2;/h6H,2-3,5,7-18H2,1,4H3;. The summed E-state index contributed by atoms with van der Waals surface area (Å²) >= 11 is 1.06. The van der Waals surface area contributed by atoms with E-state index in [1.165, 1.54) is 83.1 Å². The average molecular weight is 333 g/mol. The number of ether oxygens (including phenoxy) is 1. The van der Waals surface area contributed by atoms with E-state index >= 15 is 0 Å². The third-order valence-electron chi connectivity index (χ3n) is 4.82. The van der Waals surface area contributed by atoms with E-state index in [-0.39, 0.29) is 11.6 Å². The number of esters is 1. The van der Waals surface area contributed by atoms with Crippen LogP contribution in [0.5, 0.6) is 0 Å². The maximum atomic E-state index is 11.4. The molecule has 0 aromatic rings. The summed E-state index contributed by atoms with van der Waals surface area (Å²) in [4.78, 5) is 11.4. The second-order valence-corrected chi connectivity index (χ2v) is 7.77. The van der Waals surface area contributed by atoms with E-state index in [0.717, 1.165) is 38.0 Å². The van der Waals surface area contributed by atoms with Gasteiger partial charge in [-0.2, -0.15) is 0 Å². The Hall–Kier alpha value is 0.210. The van der Waals surface area contributed by atoms with Gasteiger partial charge >= 0.3 is 136 Å². The number of carbonyl (C=O) groups excluding carboxylic acids is 1. The molecule has 0 aliphatic rings. The summed E-state index contributed by atoms with van der Waals surface area (Å²) in [6, 6.07) is 0. The second kappa shape index (κ2) is 15.7. The van der Waals surface area contributed by atoms with Crippen molar-refractivity contribution < 1.29 is 9.53 Å². The summed E-state index contributed by atoms with van der Waals surface area (Å²) in [5, 5.41) is 0. The van der Waals surface area contributed by atoms with Crippen LogP contribution in [-0.2, 0) is 9.53 Å². The molecule has 0 saturated carbocycles. The molecule has 130 valence electrons. The molecule has 0 fully saturated rings. The summed E-state index contributed by atoms with van der Waals surface area (Å²) < 4.78 is 6.52. The van der Waals surface area contributed by atoms with E-state index < -0.39 is 0 Å². The first kappa shape index (κ1) is 23.2. The van der Waals surface area contributed by atoms with Gasteiger partial charge < -0.3 is 0 Å². The summed E-state index contributed by atoms with van der Waals surface area (Å²) in [6.45, 7) is 7.82. The van der Waals surface area contributed by atoms with Crippen molar-refractivity contribution in [3.05, 3.63) is 12.7 Å². The Bertz CT molecular complexity index is 304. The molecule has 0 aromatic heterocycles. The number of hydrogen-bond donors (Lipinski definition) is 0. The monoisotopic (exact) mass is 332 g/mol. The van der Waals surface area contributed by atoms with Crippen LogP contribution in [0.25, 0.3) is 0 Å². The van der Waals surface area contributed by atoms with Gasteiger partial charge in [0.2, 0.25) is 0 Å². The molecule has 0 N–H and O–H groups in total. The van der Waals surface area contributed by atoms with Crippen LogP contribution < -0.4 is 0 Å². The van der Waals surface area contributed by atoms with Crippen LogP contribution in [0.4, 0.5) is 0 Å². The van der Waals surface area contributed by atoms with Crippen molar-refractivity contribution in [1.82, 2.24) is 0 Å². The van der Waals surface area contributed by atoms with Crippen molar-refractivity contribution in [1.29, 1.82) is 0 Å². The van der Waals surface area contributed by atoms with E-state index in [9.17, 15) is 4.79 Å². The Morgan fingerprint density at radius 1 is 0.957 bits per heavy atom. The Kier molecular flexibility index (Phi) is 15.9. The number of rotatable bonds is 16. The summed E-state index contributed by atoms with van der Waals surface area (Å²) in [5.74, 6) is -0.276. The van der Waals surface area contributed by atoms with Crippen LogP contribution in [-0.4, -0.2) is 39.5 Å². The van der Waals surface area contributed by atoms with Gasteiger partial charge in [-0.05, 0) is 0 Å². The minimum atomic E-state index is -0.276. The molecule has 23 heavy (non-hydrogen) atoms. The molecule has 0 aromatic carbocycles. The van der Waals surface area contributed by atoms with Gasteiger partial charge in [-0.1, -0.05) is 26.2 Å². The van der Waals surface area contributed by atoms with Crippen molar-refractivity contribution in [3.63, 3.8) is 0 Å². The van der Waals surface area contributed by atoms with Crippen LogP contribution in [0.15, 0.2) is 12.7 Å².